The number of rotatable bonds is 6. The van der Waals surface area contributed by atoms with Gasteiger partial charge in [-0.3, -0.25) is 9.69 Å². The Morgan fingerprint density at radius 1 is 1.11 bits per heavy atom. The molecule has 27 heavy (non-hydrogen) atoms. The number of likely N-dealkylation sites (tertiary alicyclic amines) is 1. The van der Waals surface area contributed by atoms with Gasteiger partial charge in [-0.25, -0.2) is 0 Å². The van der Waals surface area contributed by atoms with Crippen LogP contribution in [0.4, 0.5) is 0 Å². The predicted molar refractivity (Wildman–Crippen MR) is 112 cm³/mol. The third-order valence-corrected chi connectivity index (χ3v) is 6.01. The SMILES string of the molecule is CCC(NC(=O)C1CCN(Cc2ccc(Cl)c(Cl)c2)CC1)c1ccccc1. The molecule has 0 bridgehead atoms. The second-order valence-corrected chi connectivity index (χ2v) is 7.99. The molecule has 0 aliphatic carbocycles. The van der Waals surface area contributed by atoms with Crippen molar-refractivity contribution in [2.75, 3.05) is 13.1 Å². The van der Waals surface area contributed by atoms with Gasteiger partial charge >= 0.3 is 0 Å². The molecule has 0 saturated carbocycles. The lowest BCUT2D eigenvalue weighted by atomic mass is 9.94. The lowest BCUT2D eigenvalue weighted by Gasteiger charge is -2.32. The van der Waals surface area contributed by atoms with Gasteiger partial charge in [0.2, 0.25) is 5.91 Å². The van der Waals surface area contributed by atoms with E-state index in [4.69, 9.17) is 23.2 Å². The van der Waals surface area contributed by atoms with Crippen molar-refractivity contribution < 1.29 is 4.79 Å². The average molecular weight is 405 g/mol. The number of carbonyl (C=O) groups is 1. The van der Waals surface area contributed by atoms with Crippen LogP contribution in [0.5, 0.6) is 0 Å². The lowest BCUT2D eigenvalue weighted by Crippen LogP contribution is -2.41. The molecule has 3 rings (SSSR count). The summed E-state index contributed by atoms with van der Waals surface area (Å²) in [6, 6.07) is 16.1. The molecule has 1 aliphatic heterocycles. The molecule has 1 fully saturated rings. The number of amides is 1. The Morgan fingerprint density at radius 2 is 1.81 bits per heavy atom. The summed E-state index contributed by atoms with van der Waals surface area (Å²) in [6.45, 7) is 4.78. The Morgan fingerprint density at radius 3 is 2.44 bits per heavy atom. The maximum Gasteiger partial charge on any atom is 0.223 e. The van der Waals surface area contributed by atoms with Crippen molar-refractivity contribution in [1.82, 2.24) is 10.2 Å². The first-order valence-electron chi connectivity index (χ1n) is 9.58. The number of benzene rings is 2. The van der Waals surface area contributed by atoms with E-state index in [1.54, 1.807) is 0 Å². The fourth-order valence-electron chi connectivity index (χ4n) is 3.65. The van der Waals surface area contributed by atoms with E-state index in [1.165, 1.54) is 5.56 Å². The highest BCUT2D eigenvalue weighted by molar-refractivity contribution is 6.42. The number of piperidine rings is 1. The first kappa shape index (κ1) is 20.2. The van der Waals surface area contributed by atoms with Gasteiger partial charge in [0.1, 0.15) is 0 Å². The van der Waals surface area contributed by atoms with Crippen LogP contribution in [0.1, 0.15) is 43.4 Å². The molecular formula is C22H26Cl2N2O. The Bertz CT molecular complexity index is 758. The van der Waals surface area contributed by atoms with Crippen LogP contribution < -0.4 is 5.32 Å². The monoisotopic (exact) mass is 404 g/mol. The first-order valence-corrected chi connectivity index (χ1v) is 10.3. The molecule has 3 nitrogen and oxygen atoms in total. The van der Waals surface area contributed by atoms with Crippen LogP contribution in [0.15, 0.2) is 48.5 Å². The summed E-state index contributed by atoms with van der Waals surface area (Å²) in [5, 5.41) is 4.42. The average Bonchev–Trinajstić information content (AvgIpc) is 2.70. The second kappa shape index (κ2) is 9.59. The molecule has 1 atom stereocenters. The van der Waals surface area contributed by atoms with E-state index in [0.29, 0.717) is 10.0 Å². The van der Waals surface area contributed by atoms with Crippen LogP contribution in [-0.4, -0.2) is 23.9 Å². The Kier molecular flexibility index (Phi) is 7.17. The maximum atomic E-state index is 12.7. The zero-order chi connectivity index (χ0) is 19.2. The van der Waals surface area contributed by atoms with Crippen LogP contribution in [0.25, 0.3) is 0 Å². The van der Waals surface area contributed by atoms with E-state index in [2.05, 4.69) is 29.3 Å². The summed E-state index contributed by atoms with van der Waals surface area (Å²) in [5.41, 5.74) is 2.33. The van der Waals surface area contributed by atoms with Gasteiger partial charge in [-0.1, -0.05) is 66.5 Å². The molecule has 2 aromatic rings. The molecule has 0 spiro atoms. The molecule has 5 heteroatoms. The van der Waals surface area contributed by atoms with Gasteiger partial charge in [0.25, 0.3) is 0 Å². The molecule has 1 amide bonds. The van der Waals surface area contributed by atoms with E-state index in [0.717, 1.165) is 44.5 Å². The summed E-state index contributed by atoms with van der Waals surface area (Å²) in [7, 11) is 0. The Balaban J connectivity index is 1.50. The number of halogens is 2. The second-order valence-electron chi connectivity index (χ2n) is 7.18. The zero-order valence-electron chi connectivity index (χ0n) is 15.6. The van der Waals surface area contributed by atoms with Crippen molar-refractivity contribution in [2.24, 2.45) is 5.92 Å². The van der Waals surface area contributed by atoms with Crippen LogP contribution in [-0.2, 0) is 11.3 Å². The highest BCUT2D eigenvalue weighted by Crippen LogP contribution is 2.25. The highest BCUT2D eigenvalue weighted by Gasteiger charge is 2.26. The number of carbonyl (C=O) groups excluding carboxylic acids is 1. The molecule has 144 valence electrons. The van der Waals surface area contributed by atoms with Crippen molar-refractivity contribution in [3.05, 3.63) is 69.7 Å². The van der Waals surface area contributed by atoms with Gasteiger partial charge in [0.05, 0.1) is 16.1 Å². The largest absolute Gasteiger partial charge is 0.349 e. The quantitative estimate of drug-likeness (QED) is 0.691. The zero-order valence-corrected chi connectivity index (χ0v) is 17.1. The van der Waals surface area contributed by atoms with Gasteiger partial charge in [0.15, 0.2) is 0 Å². The molecule has 0 radical (unpaired) electrons. The Labute approximate surface area is 171 Å². The molecule has 1 aliphatic rings. The van der Waals surface area contributed by atoms with Crippen LogP contribution >= 0.6 is 23.2 Å². The van der Waals surface area contributed by atoms with Crippen LogP contribution in [0.3, 0.4) is 0 Å². The van der Waals surface area contributed by atoms with Gasteiger partial charge in [0, 0.05) is 12.5 Å². The van der Waals surface area contributed by atoms with Gasteiger partial charge in [-0.15, -0.1) is 0 Å². The Hall–Kier alpha value is -1.55. The van der Waals surface area contributed by atoms with Crippen molar-refractivity contribution >= 4 is 29.1 Å². The molecule has 1 saturated heterocycles. The van der Waals surface area contributed by atoms with E-state index in [-0.39, 0.29) is 17.9 Å². The summed E-state index contributed by atoms with van der Waals surface area (Å²) >= 11 is 12.1. The molecular weight excluding hydrogens is 379 g/mol. The van der Waals surface area contributed by atoms with Crippen LogP contribution in [0, 0.1) is 5.92 Å². The minimum atomic E-state index is 0.0906. The molecule has 0 aromatic heterocycles. The number of hydrogen-bond acceptors (Lipinski definition) is 2. The van der Waals surface area contributed by atoms with E-state index in [9.17, 15) is 4.79 Å². The summed E-state index contributed by atoms with van der Waals surface area (Å²) in [6.07, 6.45) is 2.67. The van der Waals surface area contributed by atoms with Gasteiger partial charge in [-0.2, -0.15) is 0 Å². The third-order valence-electron chi connectivity index (χ3n) is 5.28. The minimum Gasteiger partial charge on any atom is -0.349 e. The summed E-state index contributed by atoms with van der Waals surface area (Å²) in [4.78, 5) is 15.1. The fraction of sp³-hybridized carbons (Fsp3) is 0.409. The smallest absolute Gasteiger partial charge is 0.223 e. The highest BCUT2D eigenvalue weighted by atomic mass is 35.5. The lowest BCUT2D eigenvalue weighted by molar-refractivity contribution is -0.127. The minimum absolute atomic E-state index is 0.0906. The van der Waals surface area contributed by atoms with E-state index < -0.39 is 0 Å². The van der Waals surface area contributed by atoms with Crippen LogP contribution in [0.2, 0.25) is 10.0 Å². The predicted octanol–water partition coefficient (Wildman–Crippen LogP) is 5.47. The molecule has 1 N–H and O–H groups in total. The first-order chi connectivity index (χ1) is 13.1. The fourth-order valence-corrected chi connectivity index (χ4v) is 3.97. The van der Waals surface area contributed by atoms with Crippen molar-refractivity contribution in [1.29, 1.82) is 0 Å². The number of nitrogens with one attached hydrogen (secondary N) is 1. The number of nitrogens with zero attached hydrogens (tertiary/aromatic N) is 1. The normalized spacial score (nSPS) is 16.9. The van der Waals surface area contributed by atoms with E-state index in [1.807, 2.05) is 36.4 Å². The van der Waals surface area contributed by atoms with Crippen molar-refractivity contribution in [2.45, 2.75) is 38.8 Å². The third kappa shape index (κ3) is 5.47. The van der Waals surface area contributed by atoms with Crippen molar-refractivity contribution in [3.63, 3.8) is 0 Å². The topological polar surface area (TPSA) is 32.3 Å². The molecule has 1 heterocycles. The summed E-state index contributed by atoms with van der Waals surface area (Å²) in [5.74, 6) is 0.271. The maximum absolute atomic E-state index is 12.7. The van der Waals surface area contributed by atoms with Gasteiger partial charge in [-0.05, 0) is 55.6 Å². The van der Waals surface area contributed by atoms with Gasteiger partial charge < -0.3 is 5.32 Å². The number of hydrogen-bond donors (Lipinski definition) is 1. The summed E-state index contributed by atoms with van der Waals surface area (Å²) < 4.78 is 0. The van der Waals surface area contributed by atoms with Crippen molar-refractivity contribution in [3.8, 4) is 0 Å². The van der Waals surface area contributed by atoms with E-state index >= 15 is 0 Å². The molecule has 1 unspecified atom stereocenters. The standard InChI is InChI=1S/C22H26Cl2N2O/c1-2-21(17-6-4-3-5-7-17)25-22(27)18-10-12-26(13-11-18)15-16-8-9-19(23)20(24)14-16/h3-9,14,18,21H,2,10-13,15H2,1H3,(H,25,27). The molecule has 2 aromatic carbocycles.